The Morgan fingerprint density at radius 3 is 2.68 bits per heavy atom. The topological polar surface area (TPSA) is 85.0 Å². The van der Waals surface area contributed by atoms with Gasteiger partial charge in [-0.05, 0) is 36.7 Å². The maximum absolute atomic E-state index is 13.8. The number of thiazole rings is 1. The van der Waals surface area contributed by atoms with E-state index in [1.165, 1.54) is 17.4 Å². The highest BCUT2D eigenvalue weighted by Crippen LogP contribution is 2.34. The Labute approximate surface area is 215 Å². The number of aromatic amines is 1. The van der Waals surface area contributed by atoms with E-state index in [2.05, 4.69) is 52.4 Å². The second-order valence-electron chi connectivity index (χ2n) is 8.79. The molecule has 1 fully saturated rings. The molecular weight excluding hydrogens is 501 g/mol. The number of fused-ring (bicyclic) bond motifs is 1. The summed E-state index contributed by atoms with van der Waals surface area (Å²) in [4.78, 5) is 13.5. The summed E-state index contributed by atoms with van der Waals surface area (Å²) in [6, 6.07) is 6.33. The van der Waals surface area contributed by atoms with Crippen LogP contribution in [0.15, 0.2) is 42.9 Å². The summed E-state index contributed by atoms with van der Waals surface area (Å²) >= 11 is 1.36. The average molecular weight is 527 g/mol. The van der Waals surface area contributed by atoms with Crippen molar-refractivity contribution >= 4 is 33.2 Å². The Morgan fingerprint density at radius 2 is 1.86 bits per heavy atom. The fourth-order valence-electron chi connectivity index (χ4n) is 4.01. The van der Waals surface area contributed by atoms with Gasteiger partial charge in [0, 0.05) is 55.6 Å². The molecular formula is C25H25F3N8S. The molecule has 192 valence electrons. The number of hydrogen-bond acceptors (Lipinski definition) is 8. The Kier molecular flexibility index (Phi) is 7.27. The van der Waals surface area contributed by atoms with Crippen LogP contribution in [0.1, 0.15) is 21.6 Å². The van der Waals surface area contributed by atoms with Crippen LogP contribution in [0.5, 0.6) is 0 Å². The van der Waals surface area contributed by atoms with Crippen LogP contribution in [0.2, 0.25) is 0 Å². The molecule has 0 unspecified atom stereocenters. The molecule has 0 amide bonds. The van der Waals surface area contributed by atoms with Gasteiger partial charge in [0.05, 0.1) is 29.5 Å². The smallest absolute Gasteiger partial charge is 0.368 e. The predicted molar refractivity (Wildman–Crippen MR) is 138 cm³/mol. The van der Waals surface area contributed by atoms with E-state index < -0.39 is 11.7 Å². The number of likely N-dealkylation sites (N-methyl/N-ethyl adjacent to an activating group) is 1. The molecule has 3 aromatic heterocycles. The molecule has 12 heteroatoms. The van der Waals surface area contributed by atoms with Crippen molar-refractivity contribution in [1.29, 1.82) is 0 Å². The summed E-state index contributed by atoms with van der Waals surface area (Å²) in [5.74, 6) is 6.11. The van der Waals surface area contributed by atoms with E-state index in [4.69, 9.17) is 0 Å². The molecule has 5 rings (SSSR count). The van der Waals surface area contributed by atoms with E-state index in [9.17, 15) is 13.2 Å². The fourth-order valence-corrected chi connectivity index (χ4v) is 4.67. The van der Waals surface area contributed by atoms with Crippen LogP contribution in [-0.2, 0) is 12.7 Å². The van der Waals surface area contributed by atoms with Crippen LogP contribution < -0.4 is 10.6 Å². The summed E-state index contributed by atoms with van der Waals surface area (Å²) in [5.41, 5.74) is 1.54. The van der Waals surface area contributed by atoms with Crippen LogP contribution in [0.25, 0.3) is 11.0 Å². The van der Waals surface area contributed by atoms with Crippen molar-refractivity contribution in [2.24, 2.45) is 0 Å². The monoisotopic (exact) mass is 526 g/mol. The maximum atomic E-state index is 13.8. The number of nitrogens with one attached hydrogen (secondary N) is 3. The second-order valence-corrected chi connectivity index (χ2v) is 9.82. The number of aromatic nitrogens is 4. The molecule has 1 aliphatic rings. The Hall–Kier alpha value is -3.66. The van der Waals surface area contributed by atoms with Gasteiger partial charge in [-0.15, -0.1) is 0 Å². The largest absolute Gasteiger partial charge is 0.416 e. The van der Waals surface area contributed by atoms with Crippen molar-refractivity contribution in [3.63, 3.8) is 0 Å². The molecule has 8 nitrogen and oxygen atoms in total. The number of halogens is 3. The van der Waals surface area contributed by atoms with E-state index >= 15 is 0 Å². The number of rotatable bonds is 6. The van der Waals surface area contributed by atoms with Crippen molar-refractivity contribution in [3.05, 3.63) is 64.4 Å². The summed E-state index contributed by atoms with van der Waals surface area (Å²) < 4.78 is 41.4. The number of benzene rings is 1. The number of piperazine rings is 1. The van der Waals surface area contributed by atoms with Gasteiger partial charge in [-0.1, -0.05) is 23.3 Å². The van der Waals surface area contributed by atoms with E-state index in [0.717, 1.165) is 42.0 Å². The number of hydrogen-bond donors (Lipinski definition) is 3. The molecule has 1 saturated heterocycles. The van der Waals surface area contributed by atoms with Gasteiger partial charge in [0.15, 0.2) is 10.8 Å². The van der Waals surface area contributed by atoms with Crippen molar-refractivity contribution < 1.29 is 13.2 Å². The SMILES string of the molecule is CN1CCN(Cc2ccc(NCNc3ncc(C#Cc4cnc5[nH]ncc5c4)s3)cc2C(F)(F)F)CC1. The minimum Gasteiger partial charge on any atom is -0.368 e. The molecule has 4 aromatic rings. The zero-order valence-corrected chi connectivity index (χ0v) is 20.9. The highest BCUT2D eigenvalue weighted by atomic mass is 32.1. The Morgan fingerprint density at radius 1 is 1.03 bits per heavy atom. The summed E-state index contributed by atoms with van der Waals surface area (Å²) in [7, 11) is 2.02. The molecule has 0 bridgehead atoms. The van der Waals surface area contributed by atoms with Gasteiger partial charge in [-0.3, -0.25) is 10.00 Å². The quantitative estimate of drug-likeness (QED) is 0.258. The molecule has 37 heavy (non-hydrogen) atoms. The zero-order chi connectivity index (χ0) is 25.8. The van der Waals surface area contributed by atoms with Gasteiger partial charge in [0.2, 0.25) is 0 Å². The number of H-pyrrole nitrogens is 1. The van der Waals surface area contributed by atoms with E-state index in [-0.39, 0.29) is 13.2 Å². The first-order valence-electron chi connectivity index (χ1n) is 11.7. The lowest BCUT2D eigenvalue weighted by Gasteiger charge is -2.33. The summed E-state index contributed by atoms with van der Waals surface area (Å²) in [6.07, 6.45) is 0.587. The van der Waals surface area contributed by atoms with Crippen LogP contribution in [-0.4, -0.2) is 69.9 Å². The minimum atomic E-state index is -4.42. The first kappa shape index (κ1) is 25.0. The van der Waals surface area contributed by atoms with E-state index in [1.807, 2.05) is 13.1 Å². The molecule has 0 aliphatic carbocycles. The second kappa shape index (κ2) is 10.8. The lowest BCUT2D eigenvalue weighted by Crippen LogP contribution is -2.44. The number of anilines is 2. The zero-order valence-electron chi connectivity index (χ0n) is 20.1. The van der Waals surface area contributed by atoms with Gasteiger partial charge in [0.25, 0.3) is 0 Å². The number of pyridine rings is 1. The van der Waals surface area contributed by atoms with Gasteiger partial charge in [-0.2, -0.15) is 18.3 Å². The highest BCUT2D eigenvalue weighted by Gasteiger charge is 2.34. The number of nitrogens with zero attached hydrogens (tertiary/aromatic N) is 5. The van der Waals surface area contributed by atoms with Gasteiger partial charge in [0.1, 0.15) is 0 Å². The molecule has 0 spiro atoms. The Balaban J connectivity index is 1.18. The van der Waals surface area contributed by atoms with Gasteiger partial charge in [-0.25, -0.2) is 9.97 Å². The first-order valence-corrected chi connectivity index (χ1v) is 12.5. The molecule has 4 heterocycles. The maximum Gasteiger partial charge on any atom is 0.416 e. The normalized spacial score (nSPS) is 14.9. The van der Waals surface area contributed by atoms with Crippen LogP contribution in [0, 0.1) is 11.8 Å². The van der Waals surface area contributed by atoms with Crippen molar-refractivity contribution in [3.8, 4) is 11.8 Å². The standard InChI is InChI=1S/C25H25F3N8S/c1-35-6-8-36(9-7-35)15-18-3-4-20(11-22(18)25(26,27)28)31-16-32-24-30-14-21(37-24)5-2-17-10-19-13-33-34-23(19)29-12-17/h3-4,10-14,31H,6-9,15-16H2,1H3,(H,30,32)(H,29,33,34). The van der Waals surface area contributed by atoms with Crippen molar-refractivity contribution in [1.82, 2.24) is 30.0 Å². The average Bonchev–Trinajstić information content (AvgIpc) is 3.53. The van der Waals surface area contributed by atoms with Gasteiger partial charge < -0.3 is 15.5 Å². The third-order valence-corrected chi connectivity index (χ3v) is 6.93. The summed E-state index contributed by atoms with van der Waals surface area (Å²) in [6.45, 7) is 3.74. The lowest BCUT2D eigenvalue weighted by atomic mass is 10.0. The number of alkyl halides is 3. The van der Waals surface area contributed by atoms with Crippen molar-refractivity contribution in [2.45, 2.75) is 12.7 Å². The van der Waals surface area contributed by atoms with Crippen LogP contribution >= 0.6 is 11.3 Å². The molecule has 0 atom stereocenters. The third kappa shape index (κ3) is 6.37. The molecule has 3 N–H and O–H groups in total. The fraction of sp³-hybridized carbons (Fsp3) is 0.320. The van der Waals surface area contributed by atoms with Gasteiger partial charge >= 0.3 is 6.18 Å². The molecule has 1 aromatic carbocycles. The lowest BCUT2D eigenvalue weighted by molar-refractivity contribution is -0.138. The van der Waals surface area contributed by atoms with E-state index in [0.29, 0.717) is 22.0 Å². The van der Waals surface area contributed by atoms with E-state index in [1.54, 1.807) is 30.7 Å². The molecule has 0 saturated carbocycles. The van der Waals surface area contributed by atoms with Crippen LogP contribution in [0.3, 0.4) is 0 Å². The summed E-state index contributed by atoms with van der Waals surface area (Å²) in [5, 5.41) is 14.3. The van der Waals surface area contributed by atoms with Crippen molar-refractivity contribution in [2.75, 3.05) is 50.5 Å². The third-order valence-electron chi connectivity index (χ3n) is 6.06. The highest BCUT2D eigenvalue weighted by molar-refractivity contribution is 7.16. The molecule has 0 radical (unpaired) electrons. The van der Waals surface area contributed by atoms with Crippen LogP contribution in [0.4, 0.5) is 24.0 Å². The first-order chi connectivity index (χ1) is 17.8. The predicted octanol–water partition coefficient (Wildman–Crippen LogP) is 4.06. The Bertz CT molecular complexity index is 1430. The minimum absolute atomic E-state index is 0.219. The molecule has 1 aliphatic heterocycles.